The molecule has 0 atom stereocenters. The molecule has 4 rings (SSSR count). The molecule has 0 spiro atoms. The molecule has 3 aromatic rings. The number of para-hydroxylation sites is 2. The summed E-state index contributed by atoms with van der Waals surface area (Å²) in [6, 6.07) is 16.6. The minimum Gasteiger partial charge on any atom is -0.485 e. The topological polar surface area (TPSA) is 71.8 Å². The molecule has 1 N–H and O–H groups in total. The summed E-state index contributed by atoms with van der Waals surface area (Å²) in [4.78, 5) is 26.6. The van der Waals surface area contributed by atoms with Gasteiger partial charge in [0.15, 0.2) is 5.76 Å². The van der Waals surface area contributed by atoms with Gasteiger partial charge in [-0.2, -0.15) is 0 Å². The second-order valence-electron chi connectivity index (χ2n) is 7.10. The van der Waals surface area contributed by atoms with Crippen molar-refractivity contribution in [3.8, 4) is 5.75 Å². The quantitative estimate of drug-likeness (QED) is 0.714. The van der Waals surface area contributed by atoms with E-state index < -0.39 is 0 Å². The van der Waals surface area contributed by atoms with Crippen molar-refractivity contribution in [3.05, 3.63) is 77.2 Å². The highest BCUT2D eigenvalue weighted by atomic mass is 16.5. The summed E-state index contributed by atoms with van der Waals surface area (Å²) in [5, 5.41) is 2.83. The number of anilines is 2. The molecule has 0 saturated heterocycles. The van der Waals surface area contributed by atoms with Crippen molar-refractivity contribution in [1.82, 2.24) is 0 Å². The Labute approximate surface area is 169 Å². The van der Waals surface area contributed by atoms with Gasteiger partial charge in [-0.05, 0) is 49.7 Å². The first-order chi connectivity index (χ1) is 14.0. The lowest BCUT2D eigenvalue weighted by Gasteiger charge is -2.20. The highest BCUT2D eigenvalue weighted by molar-refractivity contribution is 6.09. The molecule has 1 aliphatic heterocycles. The van der Waals surface area contributed by atoms with E-state index in [1.54, 1.807) is 23.1 Å². The van der Waals surface area contributed by atoms with Crippen molar-refractivity contribution in [2.75, 3.05) is 16.8 Å². The van der Waals surface area contributed by atoms with Crippen LogP contribution in [0.4, 0.5) is 11.4 Å². The molecule has 2 amide bonds. The molecule has 148 valence electrons. The first kappa shape index (κ1) is 18.8. The Morgan fingerprint density at radius 2 is 1.97 bits per heavy atom. The lowest BCUT2D eigenvalue weighted by molar-refractivity contribution is -0.115. The molecule has 6 nitrogen and oxygen atoms in total. The second-order valence-corrected chi connectivity index (χ2v) is 7.10. The fourth-order valence-electron chi connectivity index (χ4n) is 3.39. The van der Waals surface area contributed by atoms with Crippen LogP contribution < -0.4 is 15.0 Å². The number of ether oxygens (including phenoxy) is 1. The van der Waals surface area contributed by atoms with Crippen LogP contribution in [0.5, 0.6) is 5.75 Å². The van der Waals surface area contributed by atoms with Gasteiger partial charge < -0.3 is 19.4 Å². The molecule has 2 heterocycles. The van der Waals surface area contributed by atoms with E-state index in [1.807, 2.05) is 44.2 Å². The number of hydrogen-bond acceptors (Lipinski definition) is 4. The number of furan rings is 1. The summed E-state index contributed by atoms with van der Waals surface area (Å²) < 4.78 is 11.6. The van der Waals surface area contributed by atoms with E-state index in [4.69, 9.17) is 9.15 Å². The third-order valence-electron chi connectivity index (χ3n) is 4.85. The Balaban J connectivity index is 1.50. The van der Waals surface area contributed by atoms with Gasteiger partial charge in [-0.25, -0.2) is 0 Å². The number of nitrogens with one attached hydrogen (secondary N) is 1. The van der Waals surface area contributed by atoms with Gasteiger partial charge in [-0.1, -0.05) is 29.8 Å². The fraction of sp³-hybridized carbons (Fsp3) is 0.217. The van der Waals surface area contributed by atoms with Gasteiger partial charge in [-0.3, -0.25) is 9.59 Å². The molecule has 1 aliphatic rings. The van der Waals surface area contributed by atoms with Gasteiger partial charge in [0.05, 0.1) is 11.4 Å². The summed E-state index contributed by atoms with van der Waals surface area (Å²) in [6.45, 7) is 4.54. The zero-order valence-corrected chi connectivity index (χ0v) is 16.4. The van der Waals surface area contributed by atoms with Crippen molar-refractivity contribution in [1.29, 1.82) is 0 Å². The second kappa shape index (κ2) is 7.83. The van der Waals surface area contributed by atoms with E-state index in [2.05, 4.69) is 11.4 Å². The third-order valence-corrected chi connectivity index (χ3v) is 4.85. The zero-order valence-electron chi connectivity index (χ0n) is 16.4. The van der Waals surface area contributed by atoms with Gasteiger partial charge in [0.25, 0.3) is 5.91 Å². The maximum atomic E-state index is 13.1. The Morgan fingerprint density at radius 3 is 2.79 bits per heavy atom. The Hall–Kier alpha value is -3.54. The van der Waals surface area contributed by atoms with Gasteiger partial charge >= 0.3 is 0 Å². The molecule has 6 heteroatoms. The van der Waals surface area contributed by atoms with E-state index in [9.17, 15) is 9.59 Å². The monoisotopic (exact) mass is 390 g/mol. The number of benzene rings is 2. The Morgan fingerprint density at radius 1 is 1.14 bits per heavy atom. The van der Waals surface area contributed by atoms with Crippen LogP contribution >= 0.6 is 0 Å². The van der Waals surface area contributed by atoms with Crippen molar-refractivity contribution in [3.63, 3.8) is 0 Å². The van der Waals surface area contributed by atoms with Crippen molar-refractivity contribution in [2.45, 2.75) is 26.9 Å². The highest BCUT2D eigenvalue weighted by Crippen LogP contribution is 2.30. The van der Waals surface area contributed by atoms with Crippen LogP contribution in [0, 0.1) is 13.8 Å². The summed E-state index contributed by atoms with van der Waals surface area (Å²) >= 11 is 0. The van der Waals surface area contributed by atoms with Crippen molar-refractivity contribution < 1.29 is 18.7 Å². The summed E-state index contributed by atoms with van der Waals surface area (Å²) in [5.41, 5.74) is 3.50. The maximum Gasteiger partial charge on any atom is 0.294 e. The minimum absolute atomic E-state index is 0.116. The standard InChI is InChI=1S/C23H22N2O4/c1-15-7-9-20(16(2)13-15)28-14-17-8-10-21(29-17)23(27)25-12-11-22(26)24-18-5-3-4-6-19(18)25/h3-10,13H,11-12,14H2,1-2H3,(H,24,26). The number of carbonyl (C=O) groups is 2. The first-order valence-corrected chi connectivity index (χ1v) is 9.51. The van der Waals surface area contributed by atoms with E-state index in [0.717, 1.165) is 11.3 Å². The molecule has 1 aromatic heterocycles. The van der Waals surface area contributed by atoms with Crippen LogP contribution in [0.3, 0.4) is 0 Å². The lowest BCUT2D eigenvalue weighted by Crippen LogP contribution is -2.31. The maximum absolute atomic E-state index is 13.1. The van der Waals surface area contributed by atoms with Gasteiger partial charge in [0.2, 0.25) is 5.91 Å². The number of hydrogen-bond donors (Lipinski definition) is 1. The Bertz CT molecular complexity index is 1070. The SMILES string of the molecule is Cc1ccc(OCc2ccc(C(=O)N3CCC(=O)Nc4ccccc43)o2)c(C)c1. The normalized spacial score (nSPS) is 13.4. The fourth-order valence-corrected chi connectivity index (χ4v) is 3.39. The molecule has 0 fully saturated rings. The van der Waals surface area contributed by atoms with Gasteiger partial charge in [0.1, 0.15) is 18.1 Å². The molecule has 0 saturated carbocycles. The number of rotatable bonds is 4. The van der Waals surface area contributed by atoms with E-state index >= 15 is 0 Å². The van der Waals surface area contributed by atoms with E-state index in [0.29, 0.717) is 17.1 Å². The number of nitrogens with zero attached hydrogens (tertiary/aromatic N) is 1. The van der Waals surface area contributed by atoms with Crippen molar-refractivity contribution in [2.24, 2.45) is 0 Å². The highest BCUT2D eigenvalue weighted by Gasteiger charge is 2.26. The summed E-state index contributed by atoms with van der Waals surface area (Å²) in [5.74, 6) is 1.16. The van der Waals surface area contributed by atoms with Crippen LogP contribution in [0.15, 0.2) is 59.0 Å². The van der Waals surface area contributed by atoms with Crippen LogP contribution in [0.2, 0.25) is 0 Å². The van der Waals surface area contributed by atoms with Crippen LogP contribution in [0.25, 0.3) is 0 Å². The van der Waals surface area contributed by atoms with E-state index in [-0.39, 0.29) is 37.1 Å². The van der Waals surface area contributed by atoms with Gasteiger partial charge in [-0.15, -0.1) is 0 Å². The summed E-state index contributed by atoms with van der Waals surface area (Å²) in [7, 11) is 0. The molecule has 0 radical (unpaired) electrons. The first-order valence-electron chi connectivity index (χ1n) is 9.51. The number of aryl methyl sites for hydroxylation is 2. The summed E-state index contributed by atoms with van der Waals surface area (Å²) in [6.07, 6.45) is 0.226. The Kier molecular flexibility index (Phi) is 5.08. The zero-order chi connectivity index (χ0) is 20.4. The molecule has 0 bridgehead atoms. The smallest absolute Gasteiger partial charge is 0.294 e. The predicted molar refractivity (Wildman–Crippen MR) is 110 cm³/mol. The molecule has 2 aromatic carbocycles. The average molecular weight is 390 g/mol. The molecule has 0 aliphatic carbocycles. The van der Waals surface area contributed by atoms with E-state index in [1.165, 1.54) is 5.56 Å². The van der Waals surface area contributed by atoms with Crippen LogP contribution in [-0.2, 0) is 11.4 Å². The van der Waals surface area contributed by atoms with Gasteiger partial charge in [0, 0.05) is 13.0 Å². The molecule has 29 heavy (non-hydrogen) atoms. The predicted octanol–water partition coefficient (Wildman–Crippen LogP) is 4.46. The largest absolute Gasteiger partial charge is 0.485 e. The average Bonchev–Trinajstić information content (AvgIpc) is 3.10. The third kappa shape index (κ3) is 4.01. The number of carbonyl (C=O) groups excluding carboxylic acids is 2. The molecular formula is C23H22N2O4. The lowest BCUT2D eigenvalue weighted by atomic mass is 10.1. The molecular weight excluding hydrogens is 368 g/mol. The number of amides is 2. The van der Waals surface area contributed by atoms with Crippen LogP contribution in [0.1, 0.15) is 33.9 Å². The minimum atomic E-state index is -0.285. The van der Waals surface area contributed by atoms with Crippen LogP contribution in [-0.4, -0.2) is 18.4 Å². The number of fused-ring (bicyclic) bond motifs is 1. The molecule has 0 unspecified atom stereocenters. The van der Waals surface area contributed by atoms with Crippen molar-refractivity contribution >= 4 is 23.2 Å².